The number of allylic oxidation sites excluding steroid dienone is 1. The maximum Gasteiger partial charge on any atom is 0.379 e. The molecule has 0 fully saturated rings. The molecule has 1 N–H and O–H groups in total. The monoisotopic (exact) mass is 249 g/mol. The van der Waals surface area contributed by atoms with Crippen molar-refractivity contribution in [1.82, 2.24) is 0 Å². The van der Waals surface area contributed by atoms with Crippen molar-refractivity contribution in [3.63, 3.8) is 0 Å². The van der Waals surface area contributed by atoms with E-state index in [4.69, 9.17) is 19.0 Å². The van der Waals surface area contributed by atoms with Gasteiger partial charge in [-0.3, -0.25) is 4.57 Å². The first-order valence-corrected chi connectivity index (χ1v) is 6.45. The number of aliphatic hydroxyl groups excluding tert-OH is 1. The van der Waals surface area contributed by atoms with Crippen LogP contribution in [0.2, 0.25) is 0 Å². The molecule has 0 amide bonds. The van der Waals surface area contributed by atoms with Gasteiger partial charge in [0, 0.05) is 0 Å². The summed E-state index contributed by atoms with van der Waals surface area (Å²) >= 11 is 0. The second kappa shape index (κ2) is 7.29. The first-order valence-electron chi connectivity index (χ1n) is 4.91. The molecular formula is C9H16NO5P. The first kappa shape index (κ1) is 15.0. The second-order valence-corrected chi connectivity index (χ2v) is 4.49. The van der Waals surface area contributed by atoms with Gasteiger partial charge in [-0.2, -0.15) is 5.26 Å². The Bertz CT molecular complexity index is 323. The van der Waals surface area contributed by atoms with Crippen LogP contribution in [0, 0.1) is 11.3 Å². The van der Waals surface area contributed by atoms with Gasteiger partial charge in [-0.1, -0.05) is 0 Å². The predicted octanol–water partition coefficient (Wildman–Crippen LogP) is 2.54. The molecule has 0 saturated heterocycles. The third-order valence-corrected chi connectivity index (χ3v) is 3.50. The third kappa shape index (κ3) is 3.86. The maximum absolute atomic E-state index is 12.1. The summed E-state index contributed by atoms with van der Waals surface area (Å²) in [6, 6.07) is 1.59. The SMILES string of the molecule is CCOC(O)=C(C#N)P(=O)(OCC)OCC. The van der Waals surface area contributed by atoms with Gasteiger partial charge in [-0.15, -0.1) is 0 Å². The topological polar surface area (TPSA) is 88.8 Å². The third-order valence-electron chi connectivity index (χ3n) is 1.46. The van der Waals surface area contributed by atoms with E-state index in [2.05, 4.69) is 0 Å². The summed E-state index contributed by atoms with van der Waals surface area (Å²) in [7, 11) is -3.77. The van der Waals surface area contributed by atoms with Crippen LogP contribution in [-0.4, -0.2) is 24.9 Å². The van der Waals surface area contributed by atoms with Crippen LogP contribution in [-0.2, 0) is 18.3 Å². The largest absolute Gasteiger partial charge is 0.480 e. The maximum atomic E-state index is 12.1. The molecule has 0 spiro atoms. The van der Waals surface area contributed by atoms with Crippen molar-refractivity contribution in [2.24, 2.45) is 0 Å². The van der Waals surface area contributed by atoms with Crippen LogP contribution in [0.1, 0.15) is 20.8 Å². The summed E-state index contributed by atoms with van der Waals surface area (Å²) in [4.78, 5) is 0. The van der Waals surface area contributed by atoms with Gasteiger partial charge in [-0.05, 0) is 20.8 Å². The van der Waals surface area contributed by atoms with Crippen molar-refractivity contribution in [3.05, 3.63) is 11.3 Å². The van der Waals surface area contributed by atoms with Crippen LogP contribution < -0.4 is 0 Å². The molecule has 0 atom stereocenters. The lowest BCUT2D eigenvalue weighted by Gasteiger charge is -2.16. The van der Waals surface area contributed by atoms with Crippen molar-refractivity contribution >= 4 is 7.60 Å². The first-order chi connectivity index (χ1) is 7.55. The Labute approximate surface area is 95.0 Å². The summed E-state index contributed by atoms with van der Waals surface area (Å²) in [6.45, 7) is 5.19. The van der Waals surface area contributed by atoms with Gasteiger partial charge in [0.05, 0.1) is 19.8 Å². The molecular weight excluding hydrogens is 233 g/mol. The fourth-order valence-corrected chi connectivity index (χ4v) is 2.37. The molecule has 0 saturated carbocycles. The zero-order chi connectivity index (χ0) is 12.6. The van der Waals surface area contributed by atoms with Crippen LogP contribution in [0.3, 0.4) is 0 Å². The lowest BCUT2D eigenvalue weighted by molar-refractivity contribution is 0.0994. The molecule has 0 bridgehead atoms. The highest BCUT2D eigenvalue weighted by Crippen LogP contribution is 2.56. The molecule has 0 aromatic carbocycles. The van der Waals surface area contributed by atoms with Crippen LogP contribution in [0.4, 0.5) is 0 Å². The Morgan fingerprint density at radius 3 is 2.06 bits per heavy atom. The van der Waals surface area contributed by atoms with Crippen LogP contribution in [0.25, 0.3) is 0 Å². The zero-order valence-electron chi connectivity index (χ0n) is 9.60. The zero-order valence-corrected chi connectivity index (χ0v) is 10.5. The lowest BCUT2D eigenvalue weighted by atomic mass is 10.6. The molecule has 0 aromatic rings. The Morgan fingerprint density at radius 1 is 1.25 bits per heavy atom. The van der Waals surface area contributed by atoms with Gasteiger partial charge in [0.25, 0.3) is 0 Å². The Morgan fingerprint density at radius 2 is 1.75 bits per heavy atom. The van der Waals surface area contributed by atoms with E-state index in [1.165, 1.54) is 0 Å². The molecule has 0 aliphatic rings. The molecule has 0 heterocycles. The van der Waals surface area contributed by atoms with Crippen molar-refractivity contribution in [3.8, 4) is 6.07 Å². The number of ether oxygens (including phenoxy) is 1. The highest BCUT2D eigenvalue weighted by molar-refractivity contribution is 7.58. The Hall–Kier alpha value is -1.02. The van der Waals surface area contributed by atoms with Crippen molar-refractivity contribution in [2.75, 3.05) is 19.8 Å². The van der Waals surface area contributed by atoms with E-state index < -0.39 is 18.9 Å². The van der Waals surface area contributed by atoms with Crippen molar-refractivity contribution < 1.29 is 23.5 Å². The second-order valence-electron chi connectivity index (χ2n) is 2.53. The lowest BCUT2D eigenvalue weighted by Crippen LogP contribution is -2.02. The number of nitrogens with zero attached hydrogens (tertiary/aromatic N) is 1. The fraction of sp³-hybridized carbons (Fsp3) is 0.667. The average Bonchev–Trinajstić information content (AvgIpc) is 2.19. The molecule has 0 aliphatic carbocycles. The summed E-state index contributed by atoms with van der Waals surface area (Å²) in [6.07, 6.45) is 0. The molecule has 92 valence electrons. The number of nitriles is 1. The Balaban J connectivity index is 5.24. The van der Waals surface area contributed by atoms with E-state index >= 15 is 0 Å². The standard InChI is InChI=1S/C9H16NO5P/c1-4-13-9(11)8(7-10)16(12,14-5-2)15-6-3/h11H,4-6H2,1-3H3. The number of aliphatic hydroxyl groups is 1. The quantitative estimate of drug-likeness (QED) is 0.423. The van der Waals surface area contributed by atoms with Crippen molar-refractivity contribution in [1.29, 1.82) is 5.26 Å². The number of hydrogen-bond donors (Lipinski definition) is 1. The summed E-state index contributed by atoms with van der Waals surface area (Å²) in [5.41, 5.74) is 0. The van der Waals surface area contributed by atoms with E-state index in [0.29, 0.717) is 0 Å². The number of rotatable bonds is 7. The van der Waals surface area contributed by atoms with Crippen LogP contribution in [0.5, 0.6) is 0 Å². The molecule has 0 radical (unpaired) electrons. The molecule has 0 aromatic heterocycles. The van der Waals surface area contributed by atoms with Gasteiger partial charge in [0.2, 0.25) is 5.31 Å². The van der Waals surface area contributed by atoms with E-state index in [1.54, 1.807) is 26.8 Å². The predicted molar refractivity (Wildman–Crippen MR) is 57.8 cm³/mol. The van der Waals surface area contributed by atoms with Crippen molar-refractivity contribution in [2.45, 2.75) is 20.8 Å². The molecule has 16 heavy (non-hydrogen) atoms. The fourth-order valence-electron chi connectivity index (χ4n) is 0.938. The molecule has 0 rings (SSSR count). The summed E-state index contributed by atoms with van der Waals surface area (Å²) < 4.78 is 26.6. The number of hydrogen-bond acceptors (Lipinski definition) is 6. The van der Waals surface area contributed by atoms with E-state index in [9.17, 15) is 9.67 Å². The van der Waals surface area contributed by atoms with E-state index in [1.807, 2.05) is 0 Å². The minimum Gasteiger partial charge on any atom is -0.480 e. The van der Waals surface area contributed by atoms with Gasteiger partial charge in [0.1, 0.15) is 6.07 Å². The summed E-state index contributed by atoms with van der Waals surface area (Å²) in [5.74, 6) is -0.713. The van der Waals surface area contributed by atoms with Gasteiger partial charge >= 0.3 is 13.5 Å². The highest BCUT2D eigenvalue weighted by Gasteiger charge is 2.34. The molecule has 7 heteroatoms. The van der Waals surface area contributed by atoms with E-state index in [-0.39, 0.29) is 19.8 Å². The van der Waals surface area contributed by atoms with E-state index in [0.717, 1.165) is 0 Å². The Kier molecular flexibility index (Phi) is 6.82. The van der Waals surface area contributed by atoms with Gasteiger partial charge < -0.3 is 18.9 Å². The van der Waals surface area contributed by atoms with Gasteiger partial charge in [0.15, 0.2) is 0 Å². The highest BCUT2D eigenvalue weighted by atomic mass is 31.2. The minimum absolute atomic E-state index is 0.0991. The molecule has 6 nitrogen and oxygen atoms in total. The average molecular weight is 249 g/mol. The van der Waals surface area contributed by atoms with Crippen LogP contribution >= 0.6 is 7.60 Å². The normalized spacial score (nSPS) is 12.9. The van der Waals surface area contributed by atoms with Crippen LogP contribution in [0.15, 0.2) is 11.3 Å². The molecule has 0 aliphatic heterocycles. The molecule has 0 unspecified atom stereocenters. The van der Waals surface area contributed by atoms with Gasteiger partial charge in [-0.25, -0.2) is 0 Å². The smallest absolute Gasteiger partial charge is 0.379 e. The summed E-state index contributed by atoms with van der Waals surface area (Å²) in [5, 5.41) is 17.7. The minimum atomic E-state index is -3.77.